The second-order valence-electron chi connectivity index (χ2n) is 7.77. The molecule has 0 radical (unpaired) electrons. The van der Waals surface area contributed by atoms with Crippen molar-refractivity contribution in [3.05, 3.63) is 59.1 Å². The van der Waals surface area contributed by atoms with Gasteiger partial charge in [0.15, 0.2) is 0 Å². The number of carbonyl (C=O) groups is 2. The Labute approximate surface area is 199 Å². The number of amides is 2. The van der Waals surface area contributed by atoms with E-state index in [4.69, 9.17) is 16.3 Å². The lowest BCUT2D eigenvalue weighted by molar-refractivity contribution is -0.134. The number of sulfonamides is 1. The number of ether oxygens (including phenoxy) is 1. The molecule has 1 aliphatic rings. The number of methoxy groups -OCH3 is 1. The quantitative estimate of drug-likeness (QED) is 0.610. The Kier molecular flexibility index (Phi) is 8.34. The fourth-order valence-corrected chi connectivity index (χ4v) is 5.28. The molecule has 2 amide bonds. The zero-order valence-electron chi connectivity index (χ0n) is 18.7. The third-order valence-corrected chi connectivity index (χ3v) is 7.76. The molecule has 2 aromatic rings. The molecule has 0 aliphatic carbocycles. The van der Waals surface area contributed by atoms with Crippen LogP contribution in [0.25, 0.3) is 0 Å². The molecule has 0 bridgehead atoms. The van der Waals surface area contributed by atoms with E-state index in [-0.39, 0.29) is 61.8 Å². The van der Waals surface area contributed by atoms with E-state index in [9.17, 15) is 18.0 Å². The molecule has 1 atom stereocenters. The normalized spacial score (nSPS) is 15.7. The van der Waals surface area contributed by atoms with E-state index in [0.29, 0.717) is 10.8 Å². The second-order valence-corrected chi connectivity index (χ2v) is 10.1. The highest BCUT2D eigenvalue weighted by Crippen LogP contribution is 2.24. The summed E-state index contributed by atoms with van der Waals surface area (Å²) in [6.45, 7) is 2.83. The summed E-state index contributed by atoms with van der Waals surface area (Å²) in [6.07, 6.45) is 0.121. The van der Waals surface area contributed by atoms with Crippen LogP contribution in [0.1, 0.15) is 31.4 Å². The molecule has 1 aliphatic heterocycles. The third-order valence-electron chi connectivity index (χ3n) is 5.59. The summed E-state index contributed by atoms with van der Waals surface area (Å²) in [5.41, 5.74) is 0.859. The summed E-state index contributed by atoms with van der Waals surface area (Å²) in [5.74, 6) is 0.289. The fourth-order valence-electron chi connectivity index (χ4n) is 3.73. The Morgan fingerprint density at radius 1 is 1.03 bits per heavy atom. The fraction of sp³-hybridized carbons (Fsp3) is 0.391. The molecule has 3 rings (SSSR count). The van der Waals surface area contributed by atoms with Crippen LogP contribution in [0.4, 0.5) is 0 Å². The van der Waals surface area contributed by atoms with Crippen molar-refractivity contribution in [1.29, 1.82) is 0 Å². The van der Waals surface area contributed by atoms with Gasteiger partial charge in [-0.05, 0) is 37.3 Å². The largest absolute Gasteiger partial charge is 0.496 e. The number of halogens is 1. The minimum absolute atomic E-state index is 0.0572. The molecule has 178 valence electrons. The summed E-state index contributed by atoms with van der Waals surface area (Å²) < 4.78 is 32.2. The molecule has 0 aromatic heterocycles. The summed E-state index contributed by atoms with van der Waals surface area (Å²) >= 11 is 5.84. The lowest BCUT2D eigenvalue weighted by Crippen LogP contribution is -2.50. The van der Waals surface area contributed by atoms with E-state index < -0.39 is 10.0 Å². The lowest BCUT2D eigenvalue weighted by atomic mass is 10.1. The Bertz CT molecular complexity index is 1080. The van der Waals surface area contributed by atoms with Gasteiger partial charge in [0.1, 0.15) is 5.75 Å². The maximum Gasteiger partial charge on any atom is 0.243 e. The Balaban J connectivity index is 1.47. The van der Waals surface area contributed by atoms with Gasteiger partial charge < -0.3 is 15.0 Å². The number of rotatable bonds is 8. The number of hydrogen-bond donors (Lipinski definition) is 1. The highest BCUT2D eigenvalue weighted by atomic mass is 35.5. The highest BCUT2D eigenvalue weighted by molar-refractivity contribution is 7.89. The Morgan fingerprint density at radius 3 is 2.30 bits per heavy atom. The third kappa shape index (κ3) is 6.25. The first-order chi connectivity index (χ1) is 15.7. The Hall–Kier alpha value is -2.62. The molecule has 1 heterocycles. The number of piperazine rings is 1. The van der Waals surface area contributed by atoms with Crippen LogP contribution < -0.4 is 10.1 Å². The van der Waals surface area contributed by atoms with Crippen molar-refractivity contribution in [3.63, 3.8) is 0 Å². The van der Waals surface area contributed by atoms with Gasteiger partial charge in [-0.25, -0.2) is 8.42 Å². The number of hydrogen-bond acceptors (Lipinski definition) is 5. The van der Waals surface area contributed by atoms with Crippen LogP contribution in [0, 0.1) is 0 Å². The first-order valence-electron chi connectivity index (χ1n) is 10.7. The number of nitrogens with zero attached hydrogens (tertiary/aromatic N) is 2. The van der Waals surface area contributed by atoms with Gasteiger partial charge in [-0.3, -0.25) is 9.59 Å². The van der Waals surface area contributed by atoms with Gasteiger partial charge in [0.2, 0.25) is 21.8 Å². The van der Waals surface area contributed by atoms with Crippen molar-refractivity contribution in [2.75, 3.05) is 33.3 Å². The van der Waals surface area contributed by atoms with Crippen LogP contribution in [0.2, 0.25) is 5.02 Å². The second kappa shape index (κ2) is 11.0. The van der Waals surface area contributed by atoms with Gasteiger partial charge in [0, 0.05) is 49.6 Å². The minimum atomic E-state index is -3.64. The van der Waals surface area contributed by atoms with Crippen LogP contribution in [0.5, 0.6) is 5.75 Å². The molecule has 8 nitrogen and oxygen atoms in total. The van der Waals surface area contributed by atoms with E-state index in [1.165, 1.54) is 28.6 Å². The van der Waals surface area contributed by atoms with E-state index >= 15 is 0 Å². The Morgan fingerprint density at radius 2 is 1.67 bits per heavy atom. The number of benzene rings is 2. The van der Waals surface area contributed by atoms with Gasteiger partial charge in [-0.15, -0.1) is 0 Å². The molecule has 0 saturated carbocycles. The molecule has 2 aromatic carbocycles. The molecular weight excluding hydrogens is 466 g/mol. The molecule has 1 N–H and O–H groups in total. The first-order valence-corrected chi connectivity index (χ1v) is 12.5. The van der Waals surface area contributed by atoms with Crippen LogP contribution >= 0.6 is 11.6 Å². The van der Waals surface area contributed by atoms with Gasteiger partial charge in [0.05, 0.1) is 18.0 Å². The average Bonchev–Trinajstić information content (AvgIpc) is 2.82. The summed E-state index contributed by atoms with van der Waals surface area (Å²) in [7, 11) is -2.06. The van der Waals surface area contributed by atoms with Crippen molar-refractivity contribution < 1.29 is 22.7 Å². The topological polar surface area (TPSA) is 96.0 Å². The van der Waals surface area contributed by atoms with Crippen LogP contribution in [-0.4, -0.2) is 62.7 Å². The molecule has 10 heteroatoms. The van der Waals surface area contributed by atoms with Crippen molar-refractivity contribution >= 4 is 33.4 Å². The number of nitrogens with one attached hydrogen (secondary N) is 1. The molecule has 0 unspecified atom stereocenters. The van der Waals surface area contributed by atoms with Crippen LogP contribution in [0.15, 0.2) is 53.4 Å². The van der Waals surface area contributed by atoms with Gasteiger partial charge in [-0.2, -0.15) is 4.31 Å². The van der Waals surface area contributed by atoms with Crippen molar-refractivity contribution in [1.82, 2.24) is 14.5 Å². The monoisotopic (exact) mass is 493 g/mol. The maximum absolute atomic E-state index is 12.8. The zero-order valence-corrected chi connectivity index (χ0v) is 20.2. The lowest BCUT2D eigenvalue weighted by Gasteiger charge is -2.34. The number of para-hydroxylation sites is 1. The first kappa shape index (κ1) is 25.0. The summed E-state index contributed by atoms with van der Waals surface area (Å²) in [4.78, 5) is 26.7. The average molecular weight is 494 g/mol. The maximum atomic E-state index is 12.8. The summed E-state index contributed by atoms with van der Waals surface area (Å²) in [6, 6.07) is 13.2. The van der Waals surface area contributed by atoms with Crippen molar-refractivity contribution in [2.24, 2.45) is 0 Å². The van der Waals surface area contributed by atoms with Gasteiger partial charge >= 0.3 is 0 Å². The predicted octanol–water partition coefficient (Wildman–Crippen LogP) is 2.84. The van der Waals surface area contributed by atoms with Crippen molar-refractivity contribution in [2.45, 2.75) is 30.7 Å². The van der Waals surface area contributed by atoms with Crippen LogP contribution in [0.3, 0.4) is 0 Å². The van der Waals surface area contributed by atoms with Crippen LogP contribution in [-0.2, 0) is 19.6 Å². The minimum Gasteiger partial charge on any atom is -0.496 e. The van der Waals surface area contributed by atoms with E-state index in [1.807, 2.05) is 31.2 Å². The number of carbonyl (C=O) groups excluding carboxylic acids is 2. The van der Waals surface area contributed by atoms with Gasteiger partial charge in [0.25, 0.3) is 0 Å². The molecule has 33 heavy (non-hydrogen) atoms. The highest BCUT2D eigenvalue weighted by Gasteiger charge is 2.30. The van der Waals surface area contributed by atoms with E-state index in [2.05, 4.69) is 5.32 Å². The van der Waals surface area contributed by atoms with Crippen molar-refractivity contribution in [3.8, 4) is 5.75 Å². The van der Waals surface area contributed by atoms with E-state index in [1.54, 1.807) is 12.0 Å². The summed E-state index contributed by atoms with van der Waals surface area (Å²) in [5, 5.41) is 3.36. The smallest absolute Gasteiger partial charge is 0.243 e. The molecule has 1 fully saturated rings. The SMILES string of the molecule is COc1ccccc1[C@@H](C)NC(=O)CCC(=O)N1CCN(S(=O)(=O)c2ccc(Cl)cc2)CC1. The van der Waals surface area contributed by atoms with E-state index in [0.717, 1.165) is 5.56 Å². The standard InChI is InChI=1S/C23H28ClN3O5S/c1-17(20-5-3-4-6-21(20)32-2)25-22(28)11-12-23(29)26-13-15-27(16-14-26)33(30,31)19-9-7-18(24)8-10-19/h3-10,17H,11-16H2,1-2H3,(H,25,28)/t17-/m1/s1. The van der Waals surface area contributed by atoms with Gasteiger partial charge in [-0.1, -0.05) is 29.8 Å². The molecule has 1 saturated heterocycles. The predicted molar refractivity (Wildman–Crippen MR) is 126 cm³/mol. The molecule has 0 spiro atoms. The molecular formula is C23H28ClN3O5S. The zero-order chi connectivity index (χ0) is 24.0.